The van der Waals surface area contributed by atoms with E-state index in [1.165, 1.54) is 0 Å². The van der Waals surface area contributed by atoms with Crippen molar-refractivity contribution in [2.24, 2.45) is 5.73 Å². The van der Waals surface area contributed by atoms with Crippen LogP contribution < -0.4 is 15.4 Å². The fourth-order valence-corrected chi connectivity index (χ4v) is 1.96. The maximum Gasteiger partial charge on any atom is 0.142 e. The van der Waals surface area contributed by atoms with Crippen LogP contribution in [0.4, 0.5) is 5.69 Å². The molecule has 1 atom stereocenters. The molecule has 4 heteroatoms. The van der Waals surface area contributed by atoms with Gasteiger partial charge in [-0.3, -0.25) is 4.98 Å². The smallest absolute Gasteiger partial charge is 0.142 e. The van der Waals surface area contributed by atoms with Crippen molar-refractivity contribution >= 4 is 5.69 Å². The highest BCUT2D eigenvalue weighted by Crippen LogP contribution is 2.27. The van der Waals surface area contributed by atoms with Crippen molar-refractivity contribution in [3.63, 3.8) is 0 Å². The third kappa shape index (κ3) is 2.85. The summed E-state index contributed by atoms with van der Waals surface area (Å²) in [5.41, 5.74) is 9.18. The van der Waals surface area contributed by atoms with Gasteiger partial charge < -0.3 is 15.4 Å². The first kappa shape index (κ1) is 13.4. The van der Waals surface area contributed by atoms with Gasteiger partial charge in [0.2, 0.25) is 0 Å². The molecule has 1 aromatic heterocycles. The Bertz CT molecular complexity index is 555. The quantitative estimate of drug-likeness (QED) is 0.912. The Labute approximate surface area is 113 Å². The monoisotopic (exact) mass is 257 g/mol. The minimum absolute atomic E-state index is 0.295. The molecule has 4 nitrogen and oxygen atoms in total. The van der Waals surface area contributed by atoms with Crippen LogP contribution in [-0.4, -0.2) is 26.2 Å². The molecule has 0 fully saturated rings. The van der Waals surface area contributed by atoms with Crippen LogP contribution in [0, 0.1) is 0 Å². The van der Waals surface area contributed by atoms with E-state index >= 15 is 0 Å². The Morgan fingerprint density at radius 2 is 2.00 bits per heavy atom. The minimum Gasteiger partial charge on any atom is -0.495 e. The van der Waals surface area contributed by atoms with Crippen LogP contribution in [0.1, 0.15) is 17.3 Å². The molecule has 2 aromatic rings. The average molecular weight is 257 g/mol. The number of anilines is 1. The summed E-state index contributed by atoms with van der Waals surface area (Å²) >= 11 is 0. The molecule has 0 bridgehead atoms. The maximum absolute atomic E-state index is 6.30. The first-order valence-corrected chi connectivity index (χ1v) is 6.15. The largest absolute Gasteiger partial charge is 0.495 e. The van der Waals surface area contributed by atoms with E-state index in [2.05, 4.69) is 11.1 Å². The lowest BCUT2D eigenvalue weighted by Crippen LogP contribution is -2.16. The Balaban J connectivity index is 2.38. The highest BCUT2D eigenvalue weighted by molar-refractivity contribution is 5.49. The van der Waals surface area contributed by atoms with Crippen LogP contribution in [0.25, 0.3) is 0 Å². The Morgan fingerprint density at radius 3 is 2.68 bits per heavy atom. The number of benzene rings is 1. The molecule has 0 aliphatic heterocycles. The van der Waals surface area contributed by atoms with Gasteiger partial charge in [0.1, 0.15) is 11.4 Å². The van der Waals surface area contributed by atoms with E-state index < -0.39 is 0 Å². The molecular weight excluding hydrogens is 238 g/mol. The van der Waals surface area contributed by atoms with Crippen molar-refractivity contribution in [3.05, 3.63) is 53.9 Å². The number of rotatable bonds is 4. The van der Waals surface area contributed by atoms with Gasteiger partial charge in [-0.25, -0.2) is 0 Å². The summed E-state index contributed by atoms with van der Waals surface area (Å²) in [6.07, 6.45) is 1.73. The van der Waals surface area contributed by atoms with Gasteiger partial charge in [-0.15, -0.1) is 0 Å². The molecule has 2 N–H and O–H groups in total. The van der Waals surface area contributed by atoms with Crippen molar-refractivity contribution in [3.8, 4) is 5.75 Å². The first-order valence-electron chi connectivity index (χ1n) is 6.15. The second-order valence-corrected chi connectivity index (χ2v) is 4.56. The van der Waals surface area contributed by atoms with Crippen LogP contribution >= 0.6 is 0 Å². The van der Waals surface area contributed by atoms with Crippen molar-refractivity contribution in [1.29, 1.82) is 0 Å². The molecule has 1 unspecified atom stereocenters. The molecule has 0 saturated carbocycles. The van der Waals surface area contributed by atoms with E-state index in [4.69, 9.17) is 10.5 Å². The van der Waals surface area contributed by atoms with E-state index in [-0.39, 0.29) is 6.04 Å². The van der Waals surface area contributed by atoms with Crippen LogP contribution in [0.5, 0.6) is 5.75 Å². The molecule has 0 radical (unpaired) electrons. The van der Waals surface area contributed by atoms with Crippen molar-refractivity contribution in [2.45, 2.75) is 6.04 Å². The molecule has 100 valence electrons. The van der Waals surface area contributed by atoms with Gasteiger partial charge in [0.25, 0.3) is 0 Å². The zero-order valence-corrected chi connectivity index (χ0v) is 11.5. The normalized spacial score (nSPS) is 12.0. The van der Waals surface area contributed by atoms with Gasteiger partial charge in [-0.2, -0.15) is 0 Å². The van der Waals surface area contributed by atoms with E-state index in [0.717, 1.165) is 16.9 Å². The third-order valence-corrected chi connectivity index (χ3v) is 3.06. The molecule has 0 saturated heterocycles. The topological polar surface area (TPSA) is 51.4 Å². The van der Waals surface area contributed by atoms with Crippen molar-refractivity contribution < 1.29 is 4.74 Å². The molecule has 0 amide bonds. The predicted octanol–water partition coefficient (Wildman–Crippen LogP) is 2.20. The van der Waals surface area contributed by atoms with Crippen LogP contribution in [0.2, 0.25) is 0 Å². The zero-order valence-electron chi connectivity index (χ0n) is 11.5. The number of methoxy groups -OCH3 is 1. The second-order valence-electron chi connectivity index (χ2n) is 4.56. The highest BCUT2D eigenvalue weighted by atomic mass is 16.5. The number of pyridine rings is 1. The van der Waals surface area contributed by atoms with Gasteiger partial charge in [-0.05, 0) is 29.8 Å². The molecule has 0 spiro atoms. The SMILES string of the molecule is COc1cccnc1C(N)c1cccc(N(C)C)c1. The summed E-state index contributed by atoms with van der Waals surface area (Å²) in [5, 5.41) is 0. The lowest BCUT2D eigenvalue weighted by Gasteiger charge is -2.18. The molecule has 1 aromatic carbocycles. The van der Waals surface area contributed by atoms with Gasteiger partial charge in [-0.1, -0.05) is 12.1 Å². The summed E-state index contributed by atoms with van der Waals surface area (Å²) in [5.74, 6) is 0.713. The maximum atomic E-state index is 6.30. The molecule has 2 rings (SSSR count). The molecule has 19 heavy (non-hydrogen) atoms. The second kappa shape index (κ2) is 5.71. The lowest BCUT2D eigenvalue weighted by atomic mass is 10.0. The number of nitrogens with two attached hydrogens (primary N) is 1. The summed E-state index contributed by atoms with van der Waals surface area (Å²) in [6.45, 7) is 0. The number of hydrogen-bond donors (Lipinski definition) is 1. The lowest BCUT2D eigenvalue weighted by molar-refractivity contribution is 0.404. The number of aromatic nitrogens is 1. The summed E-state index contributed by atoms with van der Waals surface area (Å²) < 4.78 is 5.31. The number of nitrogens with zero attached hydrogens (tertiary/aromatic N) is 2. The molecular formula is C15H19N3O. The Morgan fingerprint density at radius 1 is 1.21 bits per heavy atom. The first-order chi connectivity index (χ1) is 9.13. The Hall–Kier alpha value is -2.07. The van der Waals surface area contributed by atoms with Crippen LogP contribution in [0.15, 0.2) is 42.6 Å². The summed E-state index contributed by atoms with van der Waals surface area (Å²) in [4.78, 5) is 6.38. The van der Waals surface area contributed by atoms with E-state index in [0.29, 0.717) is 5.75 Å². The van der Waals surface area contributed by atoms with Gasteiger partial charge in [0, 0.05) is 26.0 Å². The van der Waals surface area contributed by atoms with Gasteiger partial charge in [0.15, 0.2) is 0 Å². The van der Waals surface area contributed by atoms with E-state index in [1.807, 2.05) is 49.3 Å². The minimum atomic E-state index is -0.295. The van der Waals surface area contributed by atoms with E-state index in [9.17, 15) is 0 Å². The standard InChI is InChI=1S/C15H19N3O/c1-18(2)12-7-4-6-11(10-12)14(16)15-13(19-3)8-5-9-17-15/h4-10,14H,16H2,1-3H3. The molecule has 0 aliphatic rings. The van der Waals surface area contributed by atoms with Gasteiger partial charge in [0.05, 0.1) is 13.2 Å². The molecule has 1 heterocycles. The van der Waals surface area contributed by atoms with Crippen LogP contribution in [0.3, 0.4) is 0 Å². The third-order valence-electron chi connectivity index (χ3n) is 3.06. The van der Waals surface area contributed by atoms with Crippen LogP contribution in [-0.2, 0) is 0 Å². The summed E-state index contributed by atoms with van der Waals surface area (Å²) in [6, 6.07) is 11.5. The fraction of sp³-hybridized carbons (Fsp3) is 0.267. The zero-order chi connectivity index (χ0) is 13.8. The summed E-state index contributed by atoms with van der Waals surface area (Å²) in [7, 11) is 5.64. The number of hydrogen-bond acceptors (Lipinski definition) is 4. The molecule has 0 aliphatic carbocycles. The van der Waals surface area contributed by atoms with Crippen molar-refractivity contribution in [1.82, 2.24) is 4.98 Å². The highest BCUT2D eigenvalue weighted by Gasteiger charge is 2.15. The van der Waals surface area contributed by atoms with Gasteiger partial charge >= 0.3 is 0 Å². The predicted molar refractivity (Wildman–Crippen MR) is 77.6 cm³/mol. The average Bonchev–Trinajstić information content (AvgIpc) is 2.46. The van der Waals surface area contributed by atoms with Crippen molar-refractivity contribution in [2.75, 3.05) is 26.1 Å². The number of ether oxygens (including phenoxy) is 1. The fourth-order valence-electron chi connectivity index (χ4n) is 1.96. The Kier molecular flexibility index (Phi) is 4.02. The van der Waals surface area contributed by atoms with E-state index in [1.54, 1.807) is 13.3 Å².